The molecule has 0 radical (unpaired) electrons. The molecule has 0 bridgehead atoms. The molecule has 112 valence electrons. The first kappa shape index (κ1) is 15.7. The molecule has 0 unspecified atom stereocenters. The van der Waals surface area contributed by atoms with E-state index in [9.17, 15) is 0 Å². The monoisotopic (exact) mass is 282 g/mol. The Kier molecular flexibility index (Phi) is 5.11. The van der Waals surface area contributed by atoms with Gasteiger partial charge in [0.05, 0.1) is 0 Å². The van der Waals surface area contributed by atoms with E-state index >= 15 is 0 Å². The average Bonchev–Trinajstić information content (AvgIpc) is 2.40. The second kappa shape index (κ2) is 6.84. The Morgan fingerprint density at radius 3 is 2.24 bits per heavy atom. The molecule has 0 spiro atoms. The first-order valence-electron chi connectivity index (χ1n) is 7.77. The van der Waals surface area contributed by atoms with Crippen LogP contribution in [0.1, 0.15) is 44.5 Å². The van der Waals surface area contributed by atoms with E-state index in [-0.39, 0.29) is 5.41 Å². The largest absolute Gasteiger partial charge is 0.265 e. The van der Waals surface area contributed by atoms with Crippen LogP contribution in [0.2, 0.25) is 0 Å². The van der Waals surface area contributed by atoms with E-state index in [0.29, 0.717) is 5.92 Å². The van der Waals surface area contributed by atoms with Gasteiger partial charge in [0.25, 0.3) is 0 Å². The van der Waals surface area contributed by atoms with Gasteiger partial charge in [0.2, 0.25) is 0 Å². The first-order valence-corrected chi connectivity index (χ1v) is 7.77. The molecule has 2 rings (SSSR count). The molecule has 0 saturated carbocycles. The van der Waals surface area contributed by atoms with Crippen LogP contribution in [0.3, 0.4) is 0 Å². The highest BCUT2D eigenvalue weighted by Crippen LogP contribution is 2.26. The highest BCUT2D eigenvalue weighted by Gasteiger charge is 2.20. The van der Waals surface area contributed by atoms with Crippen LogP contribution < -0.4 is 0 Å². The van der Waals surface area contributed by atoms with Crippen molar-refractivity contribution < 1.29 is 0 Å². The summed E-state index contributed by atoms with van der Waals surface area (Å²) in [5, 5.41) is 0. The molecule has 0 aliphatic rings. The zero-order valence-corrected chi connectivity index (χ0v) is 13.6. The van der Waals surface area contributed by atoms with Crippen LogP contribution in [0.25, 0.3) is 0 Å². The van der Waals surface area contributed by atoms with Crippen LogP contribution >= 0.6 is 0 Å². The van der Waals surface area contributed by atoms with Crippen molar-refractivity contribution in [3.05, 3.63) is 59.7 Å². The number of aromatic nitrogens is 2. The fourth-order valence-electron chi connectivity index (χ4n) is 2.76. The Morgan fingerprint density at radius 1 is 0.952 bits per heavy atom. The first-order chi connectivity index (χ1) is 9.94. The summed E-state index contributed by atoms with van der Waals surface area (Å²) < 4.78 is 0. The Morgan fingerprint density at radius 2 is 1.67 bits per heavy atom. The zero-order chi connectivity index (χ0) is 15.3. The van der Waals surface area contributed by atoms with Gasteiger partial charge in [0, 0.05) is 24.3 Å². The number of hydrogen-bond acceptors (Lipinski definition) is 2. The lowest BCUT2D eigenvalue weighted by Crippen LogP contribution is -2.19. The zero-order valence-electron chi connectivity index (χ0n) is 13.6. The molecule has 21 heavy (non-hydrogen) atoms. The van der Waals surface area contributed by atoms with Gasteiger partial charge in [-0.1, -0.05) is 33.8 Å². The highest BCUT2D eigenvalue weighted by atomic mass is 14.7. The molecule has 0 aliphatic carbocycles. The van der Waals surface area contributed by atoms with E-state index in [1.807, 2.05) is 18.6 Å². The van der Waals surface area contributed by atoms with Crippen molar-refractivity contribution in [2.45, 2.75) is 47.0 Å². The fraction of sp³-hybridized carbons (Fsp3) is 0.474. The van der Waals surface area contributed by atoms with Crippen molar-refractivity contribution in [1.29, 1.82) is 0 Å². The molecule has 2 heterocycles. The van der Waals surface area contributed by atoms with Crippen LogP contribution in [0, 0.1) is 11.3 Å². The minimum atomic E-state index is 0.202. The molecule has 0 aliphatic heterocycles. The summed E-state index contributed by atoms with van der Waals surface area (Å²) in [4.78, 5) is 8.73. The molecular weight excluding hydrogens is 256 g/mol. The smallest absolute Gasteiger partial charge is 0.0409 e. The van der Waals surface area contributed by atoms with Crippen molar-refractivity contribution in [1.82, 2.24) is 9.97 Å². The summed E-state index contributed by atoms with van der Waals surface area (Å²) in [6, 6.07) is 8.61. The predicted octanol–water partition coefficient (Wildman–Crippen LogP) is 4.49. The van der Waals surface area contributed by atoms with Crippen molar-refractivity contribution in [2.75, 3.05) is 0 Å². The Labute approximate surface area is 128 Å². The predicted molar refractivity (Wildman–Crippen MR) is 88.2 cm³/mol. The number of nitrogens with zero attached hydrogens (tertiary/aromatic N) is 2. The fourth-order valence-corrected chi connectivity index (χ4v) is 2.76. The molecule has 2 aromatic rings. The van der Waals surface area contributed by atoms with Gasteiger partial charge in [-0.2, -0.15) is 0 Å². The maximum absolute atomic E-state index is 4.65. The molecule has 2 nitrogen and oxygen atoms in total. The number of rotatable bonds is 6. The Balaban J connectivity index is 1.99. The molecule has 0 amide bonds. The van der Waals surface area contributed by atoms with Crippen molar-refractivity contribution in [3.8, 4) is 0 Å². The number of pyridine rings is 2. The minimum absolute atomic E-state index is 0.202. The SMILES string of the molecule is CC(C)Cc1ccc(CC(C)(C)Cc2ccncc2)nc1. The standard InChI is InChI=1S/C19H26N2/c1-15(2)11-17-5-6-18(21-14-17)13-19(3,4)12-16-7-9-20-10-8-16/h5-10,14-15H,11-13H2,1-4H3. The maximum Gasteiger partial charge on any atom is 0.0409 e. The molecule has 0 atom stereocenters. The summed E-state index contributed by atoms with van der Waals surface area (Å²) in [5.41, 5.74) is 4.06. The van der Waals surface area contributed by atoms with Gasteiger partial charge in [0.1, 0.15) is 0 Å². The Bertz CT molecular complexity index is 542. The van der Waals surface area contributed by atoms with Gasteiger partial charge in [-0.05, 0) is 59.9 Å². The normalized spacial score (nSPS) is 11.9. The van der Waals surface area contributed by atoms with Gasteiger partial charge < -0.3 is 0 Å². The number of hydrogen-bond donors (Lipinski definition) is 0. The van der Waals surface area contributed by atoms with Gasteiger partial charge in [-0.25, -0.2) is 0 Å². The van der Waals surface area contributed by atoms with E-state index in [1.165, 1.54) is 16.8 Å². The highest BCUT2D eigenvalue weighted by molar-refractivity contribution is 5.17. The van der Waals surface area contributed by atoms with Crippen LogP contribution in [0.4, 0.5) is 0 Å². The van der Waals surface area contributed by atoms with Gasteiger partial charge in [0.15, 0.2) is 0 Å². The lowest BCUT2D eigenvalue weighted by Gasteiger charge is -2.24. The third-order valence-corrected chi connectivity index (χ3v) is 3.62. The van der Waals surface area contributed by atoms with Crippen LogP contribution in [0.5, 0.6) is 0 Å². The molecule has 2 aromatic heterocycles. The summed E-state index contributed by atoms with van der Waals surface area (Å²) in [5.74, 6) is 0.681. The maximum atomic E-state index is 4.65. The van der Waals surface area contributed by atoms with E-state index < -0.39 is 0 Å². The minimum Gasteiger partial charge on any atom is -0.265 e. The van der Waals surface area contributed by atoms with Gasteiger partial charge in [-0.15, -0.1) is 0 Å². The topological polar surface area (TPSA) is 25.8 Å². The lowest BCUT2D eigenvalue weighted by atomic mass is 9.81. The molecular formula is C19H26N2. The summed E-state index contributed by atoms with van der Waals surface area (Å²) in [6.45, 7) is 9.09. The van der Waals surface area contributed by atoms with Crippen LogP contribution in [-0.2, 0) is 19.3 Å². The summed E-state index contributed by atoms with van der Waals surface area (Å²) in [6.07, 6.45) is 8.92. The molecule has 0 aromatic carbocycles. The van der Waals surface area contributed by atoms with Crippen LogP contribution in [-0.4, -0.2) is 9.97 Å². The van der Waals surface area contributed by atoms with Crippen molar-refractivity contribution >= 4 is 0 Å². The average molecular weight is 282 g/mol. The van der Waals surface area contributed by atoms with Crippen molar-refractivity contribution in [2.24, 2.45) is 11.3 Å². The lowest BCUT2D eigenvalue weighted by molar-refractivity contribution is 0.357. The summed E-state index contributed by atoms with van der Waals surface area (Å²) >= 11 is 0. The van der Waals surface area contributed by atoms with E-state index in [1.54, 1.807) is 0 Å². The van der Waals surface area contributed by atoms with Crippen LogP contribution in [0.15, 0.2) is 42.9 Å². The van der Waals surface area contributed by atoms with E-state index in [2.05, 4.69) is 61.9 Å². The quantitative estimate of drug-likeness (QED) is 0.780. The van der Waals surface area contributed by atoms with Gasteiger partial charge in [-0.3, -0.25) is 9.97 Å². The Hall–Kier alpha value is -1.70. The second-order valence-electron chi connectivity index (χ2n) is 7.13. The third-order valence-electron chi connectivity index (χ3n) is 3.62. The van der Waals surface area contributed by atoms with Gasteiger partial charge >= 0.3 is 0 Å². The summed E-state index contributed by atoms with van der Waals surface area (Å²) in [7, 11) is 0. The van der Waals surface area contributed by atoms with E-state index in [4.69, 9.17) is 0 Å². The second-order valence-corrected chi connectivity index (χ2v) is 7.13. The molecule has 0 saturated heterocycles. The van der Waals surface area contributed by atoms with Crippen molar-refractivity contribution in [3.63, 3.8) is 0 Å². The molecule has 0 fully saturated rings. The molecule has 0 N–H and O–H groups in total. The molecule has 2 heteroatoms. The third kappa shape index (κ3) is 5.30. The van der Waals surface area contributed by atoms with E-state index in [0.717, 1.165) is 19.3 Å².